The maximum Gasteiger partial charge on any atom is 0.241 e. The zero-order chi connectivity index (χ0) is 13.4. The Balaban J connectivity index is 2.25. The normalized spacial score (nSPS) is 26.9. The van der Waals surface area contributed by atoms with Gasteiger partial charge in [0.05, 0.1) is 5.25 Å². The second-order valence-corrected chi connectivity index (χ2v) is 7.38. The molecule has 2 aliphatic heterocycles. The van der Waals surface area contributed by atoms with Gasteiger partial charge in [-0.3, -0.25) is 4.79 Å². The van der Waals surface area contributed by atoms with Crippen molar-refractivity contribution < 1.29 is 17.9 Å². The fourth-order valence-corrected chi connectivity index (χ4v) is 4.69. The lowest BCUT2D eigenvalue weighted by molar-refractivity contribution is -0.131. The van der Waals surface area contributed by atoms with Crippen LogP contribution in [0.4, 0.5) is 0 Å². The number of piperazine rings is 1. The Morgan fingerprint density at radius 3 is 2.56 bits per heavy atom. The first-order chi connectivity index (χ1) is 8.37. The second-order valence-electron chi connectivity index (χ2n) is 5.24. The summed E-state index contributed by atoms with van der Waals surface area (Å²) >= 11 is 0. The Morgan fingerprint density at radius 2 is 1.94 bits per heavy atom. The number of rotatable bonds is 2. The largest absolute Gasteiger partial charge is 0.381 e. The molecule has 18 heavy (non-hydrogen) atoms. The van der Waals surface area contributed by atoms with E-state index in [4.69, 9.17) is 4.74 Å². The predicted molar refractivity (Wildman–Crippen MR) is 66.6 cm³/mol. The molecule has 0 saturated carbocycles. The van der Waals surface area contributed by atoms with E-state index in [0.717, 1.165) is 0 Å². The van der Waals surface area contributed by atoms with E-state index in [1.54, 1.807) is 13.8 Å². The highest BCUT2D eigenvalue weighted by molar-refractivity contribution is 7.89. The number of nitrogens with zero attached hydrogens (tertiary/aromatic N) is 1. The van der Waals surface area contributed by atoms with Crippen LogP contribution < -0.4 is 5.32 Å². The molecule has 7 heteroatoms. The Bertz CT molecular complexity index is 426. The van der Waals surface area contributed by atoms with Crippen LogP contribution in [0.2, 0.25) is 0 Å². The SMILES string of the molecule is CC1(C)C(=O)NCCN1S(=O)(=O)C1CCOCC1. The first kappa shape index (κ1) is 13.8. The predicted octanol–water partition coefficient (Wildman–Crippen LogP) is -0.294. The maximum absolute atomic E-state index is 12.6. The van der Waals surface area contributed by atoms with E-state index in [1.165, 1.54) is 4.31 Å². The fourth-order valence-electron chi connectivity index (χ4n) is 2.48. The molecule has 0 aromatic carbocycles. The van der Waals surface area contributed by atoms with Crippen LogP contribution in [0.25, 0.3) is 0 Å². The molecule has 6 nitrogen and oxygen atoms in total. The number of amides is 1. The van der Waals surface area contributed by atoms with Crippen molar-refractivity contribution in [2.45, 2.75) is 37.5 Å². The summed E-state index contributed by atoms with van der Waals surface area (Å²) in [7, 11) is -3.43. The molecule has 0 spiro atoms. The van der Waals surface area contributed by atoms with Crippen molar-refractivity contribution in [3.8, 4) is 0 Å². The van der Waals surface area contributed by atoms with Crippen LogP contribution in [0.1, 0.15) is 26.7 Å². The van der Waals surface area contributed by atoms with Crippen molar-refractivity contribution in [2.24, 2.45) is 0 Å². The average Bonchev–Trinajstić information content (AvgIpc) is 2.33. The fraction of sp³-hybridized carbons (Fsp3) is 0.909. The van der Waals surface area contributed by atoms with Crippen molar-refractivity contribution in [3.63, 3.8) is 0 Å². The number of carbonyl (C=O) groups is 1. The van der Waals surface area contributed by atoms with E-state index in [-0.39, 0.29) is 5.91 Å². The number of ether oxygens (including phenoxy) is 1. The van der Waals surface area contributed by atoms with Crippen LogP contribution in [0.5, 0.6) is 0 Å². The number of nitrogens with one attached hydrogen (secondary N) is 1. The molecule has 104 valence electrons. The van der Waals surface area contributed by atoms with Gasteiger partial charge in [-0.25, -0.2) is 8.42 Å². The zero-order valence-corrected chi connectivity index (χ0v) is 11.6. The van der Waals surface area contributed by atoms with E-state index in [1.807, 2.05) is 0 Å². The molecule has 0 bridgehead atoms. The summed E-state index contributed by atoms with van der Waals surface area (Å²) in [6.45, 7) is 4.98. The van der Waals surface area contributed by atoms with E-state index in [2.05, 4.69) is 5.32 Å². The first-order valence-corrected chi connectivity index (χ1v) is 7.75. The maximum atomic E-state index is 12.6. The molecule has 0 aromatic heterocycles. The van der Waals surface area contributed by atoms with Crippen LogP contribution in [0.3, 0.4) is 0 Å². The molecule has 2 aliphatic rings. The quantitative estimate of drug-likeness (QED) is 0.751. The third-order valence-corrected chi connectivity index (χ3v) is 6.24. The van der Waals surface area contributed by atoms with Gasteiger partial charge in [0.25, 0.3) is 0 Å². The van der Waals surface area contributed by atoms with Crippen LogP contribution in [0, 0.1) is 0 Å². The molecular weight excluding hydrogens is 256 g/mol. The van der Waals surface area contributed by atoms with Crippen molar-refractivity contribution >= 4 is 15.9 Å². The summed E-state index contributed by atoms with van der Waals surface area (Å²) in [6.07, 6.45) is 1.02. The number of hydrogen-bond donors (Lipinski definition) is 1. The van der Waals surface area contributed by atoms with Gasteiger partial charge in [-0.1, -0.05) is 0 Å². The van der Waals surface area contributed by atoms with Crippen LogP contribution in [-0.4, -0.2) is 55.7 Å². The standard InChI is InChI=1S/C11H20N2O4S/c1-11(2)10(14)12-5-6-13(11)18(15,16)9-3-7-17-8-4-9/h9H,3-8H2,1-2H3,(H,12,14). The van der Waals surface area contributed by atoms with Gasteiger partial charge in [0, 0.05) is 26.3 Å². The highest BCUT2D eigenvalue weighted by atomic mass is 32.2. The minimum Gasteiger partial charge on any atom is -0.381 e. The molecule has 0 unspecified atom stereocenters. The van der Waals surface area contributed by atoms with Gasteiger partial charge < -0.3 is 10.1 Å². The molecule has 2 saturated heterocycles. The lowest BCUT2D eigenvalue weighted by Crippen LogP contribution is -2.64. The molecular formula is C11H20N2O4S. The Hall–Kier alpha value is -0.660. The van der Waals surface area contributed by atoms with Gasteiger partial charge >= 0.3 is 0 Å². The summed E-state index contributed by atoms with van der Waals surface area (Å²) in [5.74, 6) is -0.232. The second kappa shape index (κ2) is 4.79. The molecule has 1 amide bonds. The topological polar surface area (TPSA) is 75.7 Å². The minimum absolute atomic E-state index is 0.232. The lowest BCUT2D eigenvalue weighted by atomic mass is 10.0. The van der Waals surface area contributed by atoms with Crippen molar-refractivity contribution in [2.75, 3.05) is 26.3 Å². The highest BCUT2D eigenvalue weighted by Crippen LogP contribution is 2.27. The third-order valence-electron chi connectivity index (χ3n) is 3.68. The number of sulfonamides is 1. The highest BCUT2D eigenvalue weighted by Gasteiger charge is 2.47. The van der Waals surface area contributed by atoms with Crippen molar-refractivity contribution in [1.82, 2.24) is 9.62 Å². The number of carbonyl (C=O) groups excluding carboxylic acids is 1. The van der Waals surface area contributed by atoms with Crippen molar-refractivity contribution in [3.05, 3.63) is 0 Å². The van der Waals surface area contributed by atoms with E-state index >= 15 is 0 Å². The van der Waals surface area contributed by atoms with Crippen LogP contribution in [0.15, 0.2) is 0 Å². The van der Waals surface area contributed by atoms with E-state index in [0.29, 0.717) is 39.1 Å². The summed E-state index contributed by atoms with van der Waals surface area (Å²) in [4.78, 5) is 11.8. The van der Waals surface area contributed by atoms with E-state index < -0.39 is 20.8 Å². The average molecular weight is 276 g/mol. The molecule has 0 radical (unpaired) electrons. The third kappa shape index (κ3) is 2.26. The summed E-state index contributed by atoms with van der Waals surface area (Å²) < 4.78 is 31.7. The van der Waals surface area contributed by atoms with Gasteiger partial charge in [-0.15, -0.1) is 0 Å². The van der Waals surface area contributed by atoms with Gasteiger partial charge in [-0.05, 0) is 26.7 Å². The van der Waals surface area contributed by atoms with Gasteiger partial charge in [0.15, 0.2) is 0 Å². The molecule has 0 aromatic rings. The van der Waals surface area contributed by atoms with Crippen molar-refractivity contribution in [1.29, 1.82) is 0 Å². The summed E-state index contributed by atoms with van der Waals surface area (Å²) in [5, 5.41) is 2.29. The Morgan fingerprint density at radius 1 is 1.33 bits per heavy atom. The minimum atomic E-state index is -3.43. The molecule has 0 aliphatic carbocycles. The summed E-state index contributed by atoms with van der Waals surface area (Å²) in [5.41, 5.74) is -1.00. The molecule has 2 fully saturated rings. The lowest BCUT2D eigenvalue weighted by Gasteiger charge is -2.42. The van der Waals surface area contributed by atoms with Gasteiger partial charge in [0.2, 0.25) is 15.9 Å². The molecule has 0 atom stereocenters. The van der Waals surface area contributed by atoms with Crippen LogP contribution in [-0.2, 0) is 19.6 Å². The Labute approximate surface area is 108 Å². The smallest absolute Gasteiger partial charge is 0.241 e. The zero-order valence-electron chi connectivity index (χ0n) is 10.8. The summed E-state index contributed by atoms with van der Waals surface area (Å²) in [6, 6.07) is 0. The Kier molecular flexibility index (Phi) is 3.66. The van der Waals surface area contributed by atoms with E-state index in [9.17, 15) is 13.2 Å². The first-order valence-electron chi connectivity index (χ1n) is 6.24. The molecule has 1 N–H and O–H groups in total. The monoisotopic (exact) mass is 276 g/mol. The van der Waals surface area contributed by atoms with Crippen LogP contribution >= 0.6 is 0 Å². The number of hydrogen-bond acceptors (Lipinski definition) is 4. The molecule has 2 heterocycles. The van der Waals surface area contributed by atoms with Gasteiger partial charge in [0.1, 0.15) is 5.54 Å². The molecule has 2 rings (SSSR count). The van der Waals surface area contributed by atoms with Gasteiger partial charge in [-0.2, -0.15) is 4.31 Å².